The van der Waals surface area contributed by atoms with Crippen LogP contribution in [-0.2, 0) is 29.9 Å². The Labute approximate surface area is 199 Å². The first-order valence-corrected chi connectivity index (χ1v) is 11.9. The van der Waals surface area contributed by atoms with Gasteiger partial charge < -0.3 is 10.1 Å². The largest absolute Gasteiger partial charge is 0.448 e. The van der Waals surface area contributed by atoms with Crippen molar-refractivity contribution in [2.75, 3.05) is 5.75 Å². The zero-order chi connectivity index (χ0) is 24.2. The molecule has 2 aromatic carbocycles. The summed E-state index contributed by atoms with van der Waals surface area (Å²) < 4.78 is 18.8. The van der Waals surface area contributed by atoms with E-state index < -0.39 is 46.1 Å². The van der Waals surface area contributed by atoms with Crippen molar-refractivity contribution >= 4 is 28.6 Å². The second kappa shape index (κ2) is 9.85. The summed E-state index contributed by atoms with van der Waals surface area (Å²) >= 11 is 0. The fraction of sp³-hybridized carbons (Fsp3) is 0.200. The standard InChI is InChI=1S/C25H21N3O5S/c1-16(29)27-20-23(30)28-21(19(13-8-14-26)15-34(32)24(20)28)25(31)33-22(17-9-4-2-5-10-17)18-11-6-3-7-12-18/h2-13,20,22,24H,15H2,1H3,(H,27,29)/t20?,24-,34?/m1/s1. The Morgan fingerprint density at radius 3 is 2.26 bits per heavy atom. The molecule has 2 amide bonds. The third kappa shape index (κ3) is 4.40. The van der Waals surface area contributed by atoms with Gasteiger partial charge in [0.05, 0.1) is 22.6 Å². The molecule has 34 heavy (non-hydrogen) atoms. The molecule has 3 atom stereocenters. The first-order chi connectivity index (χ1) is 16.4. The Morgan fingerprint density at radius 1 is 1.15 bits per heavy atom. The first-order valence-electron chi connectivity index (χ1n) is 10.5. The number of fused-ring (bicyclic) bond motifs is 1. The molecule has 9 heteroatoms. The molecule has 2 aliphatic heterocycles. The lowest BCUT2D eigenvalue weighted by molar-refractivity contribution is -0.154. The Balaban J connectivity index is 1.73. The lowest BCUT2D eigenvalue weighted by Crippen LogP contribution is -2.73. The summed E-state index contributed by atoms with van der Waals surface area (Å²) in [6.45, 7) is 1.26. The zero-order valence-corrected chi connectivity index (χ0v) is 19.0. The van der Waals surface area contributed by atoms with Crippen LogP contribution in [0.4, 0.5) is 0 Å². The Hall–Kier alpha value is -4.03. The number of esters is 1. The molecule has 0 aliphatic carbocycles. The fourth-order valence-electron chi connectivity index (χ4n) is 4.03. The molecule has 1 N–H and O–H groups in total. The summed E-state index contributed by atoms with van der Waals surface area (Å²) in [4.78, 5) is 39.0. The number of amides is 2. The average Bonchev–Trinajstić information content (AvgIpc) is 2.85. The highest BCUT2D eigenvalue weighted by atomic mass is 32.2. The minimum atomic E-state index is -1.59. The number of nitrogens with zero attached hydrogens (tertiary/aromatic N) is 2. The van der Waals surface area contributed by atoms with Crippen LogP contribution in [0, 0.1) is 11.3 Å². The van der Waals surface area contributed by atoms with Crippen molar-refractivity contribution in [3.05, 3.63) is 95.2 Å². The molecule has 2 heterocycles. The highest BCUT2D eigenvalue weighted by molar-refractivity contribution is 7.86. The maximum Gasteiger partial charge on any atom is 0.356 e. The Morgan fingerprint density at radius 2 is 1.74 bits per heavy atom. The molecule has 2 aliphatic rings. The number of ether oxygens (including phenoxy) is 1. The van der Waals surface area contributed by atoms with Crippen molar-refractivity contribution in [2.45, 2.75) is 24.4 Å². The van der Waals surface area contributed by atoms with Gasteiger partial charge in [-0.3, -0.25) is 18.7 Å². The van der Waals surface area contributed by atoms with Crippen LogP contribution in [0.25, 0.3) is 0 Å². The van der Waals surface area contributed by atoms with Crippen LogP contribution >= 0.6 is 0 Å². The summed E-state index contributed by atoms with van der Waals surface area (Å²) in [5, 5.41) is 10.6. The second-order valence-corrected chi connectivity index (χ2v) is 9.28. The molecule has 0 spiro atoms. The minimum Gasteiger partial charge on any atom is -0.448 e. The van der Waals surface area contributed by atoms with Crippen LogP contribution in [0.5, 0.6) is 0 Å². The summed E-state index contributed by atoms with van der Waals surface area (Å²) in [6, 6.07) is 19.2. The summed E-state index contributed by atoms with van der Waals surface area (Å²) in [5.41, 5.74) is 1.66. The molecule has 2 aromatic rings. The maximum absolute atomic E-state index is 13.5. The van der Waals surface area contributed by atoms with Crippen LogP contribution in [0.1, 0.15) is 24.2 Å². The van der Waals surface area contributed by atoms with Crippen molar-refractivity contribution in [3.8, 4) is 6.07 Å². The number of rotatable bonds is 6. The highest BCUT2D eigenvalue weighted by Gasteiger charge is 2.57. The van der Waals surface area contributed by atoms with Crippen molar-refractivity contribution in [1.29, 1.82) is 5.26 Å². The molecule has 2 unspecified atom stereocenters. The minimum absolute atomic E-state index is 0.0610. The monoisotopic (exact) mass is 475 g/mol. The predicted molar refractivity (Wildman–Crippen MR) is 124 cm³/mol. The van der Waals surface area contributed by atoms with Crippen LogP contribution in [0.3, 0.4) is 0 Å². The van der Waals surface area contributed by atoms with Crippen molar-refractivity contribution in [2.24, 2.45) is 0 Å². The maximum atomic E-state index is 13.5. The Kier molecular flexibility index (Phi) is 6.70. The van der Waals surface area contributed by atoms with Gasteiger partial charge in [0.1, 0.15) is 17.1 Å². The molecule has 0 aromatic heterocycles. The highest BCUT2D eigenvalue weighted by Crippen LogP contribution is 2.37. The summed E-state index contributed by atoms with van der Waals surface area (Å²) in [5.74, 6) is -1.84. The normalized spacial score (nSPS) is 21.6. The Bertz CT molecular complexity index is 1210. The van der Waals surface area contributed by atoms with Gasteiger partial charge in [-0.2, -0.15) is 5.26 Å². The first kappa shape index (κ1) is 23.1. The van der Waals surface area contributed by atoms with Crippen molar-refractivity contribution in [3.63, 3.8) is 0 Å². The van der Waals surface area contributed by atoms with E-state index in [1.54, 1.807) is 0 Å². The quantitative estimate of drug-likeness (QED) is 0.389. The summed E-state index contributed by atoms with van der Waals surface area (Å²) in [6.07, 6.45) is 1.77. The summed E-state index contributed by atoms with van der Waals surface area (Å²) in [7, 11) is -1.59. The number of carbonyl (C=O) groups is 3. The van der Waals surface area contributed by atoms with Crippen LogP contribution in [0.15, 0.2) is 84.1 Å². The lowest BCUT2D eigenvalue weighted by atomic mass is 10.0. The molecule has 0 saturated carbocycles. The van der Waals surface area contributed by atoms with E-state index >= 15 is 0 Å². The van der Waals surface area contributed by atoms with Gasteiger partial charge in [-0.25, -0.2) is 4.79 Å². The zero-order valence-electron chi connectivity index (χ0n) is 18.2. The van der Waals surface area contributed by atoms with Gasteiger partial charge in [0.25, 0.3) is 5.91 Å². The van der Waals surface area contributed by atoms with E-state index in [-0.39, 0.29) is 17.0 Å². The molecule has 1 fully saturated rings. The number of nitrogens with one attached hydrogen (secondary N) is 1. The smallest absolute Gasteiger partial charge is 0.356 e. The fourth-order valence-corrected chi connectivity index (χ4v) is 5.67. The van der Waals surface area contributed by atoms with Gasteiger partial charge in [-0.15, -0.1) is 0 Å². The molecule has 172 valence electrons. The van der Waals surface area contributed by atoms with Gasteiger partial charge in [0, 0.05) is 13.0 Å². The van der Waals surface area contributed by atoms with Crippen LogP contribution in [-0.4, -0.2) is 44.1 Å². The molecule has 0 bridgehead atoms. The van der Waals surface area contributed by atoms with Crippen LogP contribution in [0.2, 0.25) is 0 Å². The topological polar surface area (TPSA) is 117 Å². The number of carbonyl (C=O) groups excluding carboxylic acids is 3. The predicted octanol–water partition coefficient (Wildman–Crippen LogP) is 2.09. The van der Waals surface area contributed by atoms with Gasteiger partial charge in [0.15, 0.2) is 6.10 Å². The average molecular weight is 476 g/mol. The molecule has 0 radical (unpaired) electrons. The van der Waals surface area contributed by atoms with E-state index in [4.69, 9.17) is 10.00 Å². The lowest BCUT2D eigenvalue weighted by Gasteiger charge is -2.49. The number of hydrogen-bond donors (Lipinski definition) is 1. The molecule has 4 rings (SSSR count). The third-order valence-corrected chi connectivity index (χ3v) is 7.11. The third-order valence-electron chi connectivity index (χ3n) is 5.50. The number of nitriles is 1. The molecular weight excluding hydrogens is 454 g/mol. The van der Waals surface area contributed by atoms with Gasteiger partial charge in [0.2, 0.25) is 5.91 Å². The van der Waals surface area contributed by atoms with E-state index in [0.717, 1.165) is 22.1 Å². The van der Waals surface area contributed by atoms with Gasteiger partial charge in [-0.1, -0.05) is 60.7 Å². The van der Waals surface area contributed by atoms with E-state index in [9.17, 15) is 18.6 Å². The van der Waals surface area contributed by atoms with E-state index in [1.165, 1.54) is 13.0 Å². The van der Waals surface area contributed by atoms with E-state index in [1.807, 2.05) is 66.7 Å². The van der Waals surface area contributed by atoms with Crippen molar-refractivity contribution in [1.82, 2.24) is 10.2 Å². The number of hydrogen-bond acceptors (Lipinski definition) is 6. The van der Waals surface area contributed by atoms with Crippen molar-refractivity contribution < 1.29 is 23.3 Å². The molecule has 1 saturated heterocycles. The van der Waals surface area contributed by atoms with E-state index in [0.29, 0.717) is 0 Å². The molecular formula is C25H21N3O5S. The van der Waals surface area contributed by atoms with E-state index in [2.05, 4.69) is 5.32 Å². The van der Waals surface area contributed by atoms with Gasteiger partial charge in [-0.05, 0) is 22.8 Å². The van der Waals surface area contributed by atoms with Crippen LogP contribution < -0.4 is 5.32 Å². The number of β-lactam (4-membered cyclic amide) rings is 1. The van der Waals surface area contributed by atoms with Gasteiger partial charge >= 0.3 is 5.97 Å². The number of allylic oxidation sites excluding steroid dienone is 2. The number of benzene rings is 2. The SMILES string of the molecule is CC(=O)NC1C(=O)N2C(C(=O)OC(c3ccccc3)c3ccccc3)=C(C=CC#N)CS(=O)[C@H]12. The second-order valence-electron chi connectivity index (χ2n) is 7.75. The molecule has 8 nitrogen and oxygen atoms in total.